The van der Waals surface area contributed by atoms with E-state index in [1.165, 1.54) is 32.1 Å². The Morgan fingerprint density at radius 1 is 1.13 bits per heavy atom. The maximum Gasteiger partial charge on any atom is 0.191 e. The molecule has 0 saturated heterocycles. The molecule has 5 heteroatoms. The summed E-state index contributed by atoms with van der Waals surface area (Å²) in [6, 6.07) is 0. The molecule has 0 heterocycles. The van der Waals surface area contributed by atoms with Crippen LogP contribution < -0.4 is 0 Å². The maximum absolute atomic E-state index is 8.30. The van der Waals surface area contributed by atoms with E-state index < -0.39 is 8.32 Å². The van der Waals surface area contributed by atoms with Crippen molar-refractivity contribution in [1.82, 2.24) is 0 Å². The normalized spacial score (nSPS) is 15.1. The number of hydrogen-bond acceptors (Lipinski definition) is 2. The largest absolute Gasteiger partial charge is 0.417 e. The first-order valence-electron chi connectivity index (χ1n) is 9.28. The third kappa shape index (κ3) is 10.1. The van der Waals surface area contributed by atoms with E-state index in [2.05, 4.69) is 57.7 Å². The molecule has 0 rings (SSSR count). The molecule has 0 fully saturated rings. The van der Waals surface area contributed by atoms with Crippen LogP contribution in [-0.2, 0) is 4.43 Å². The lowest BCUT2D eigenvalue weighted by molar-refractivity contribution is 0.225. The van der Waals surface area contributed by atoms with Crippen LogP contribution in [-0.4, -0.2) is 21.5 Å². The summed E-state index contributed by atoms with van der Waals surface area (Å²) < 4.78 is 6.32. The van der Waals surface area contributed by atoms with Gasteiger partial charge < -0.3 is 4.43 Å². The molecule has 2 atom stereocenters. The quantitative estimate of drug-likeness (QED) is 0.125. The van der Waals surface area contributed by atoms with Gasteiger partial charge in [0.05, 0.1) is 0 Å². The van der Waals surface area contributed by atoms with Crippen LogP contribution in [0.15, 0.2) is 5.11 Å². The monoisotopic (exact) mass is 341 g/mol. The van der Waals surface area contributed by atoms with Crippen LogP contribution in [0.4, 0.5) is 0 Å². The molecule has 23 heavy (non-hydrogen) atoms. The molecule has 0 aromatic carbocycles. The van der Waals surface area contributed by atoms with Crippen LogP contribution in [0.3, 0.4) is 0 Å². The van der Waals surface area contributed by atoms with Crippen molar-refractivity contribution in [2.45, 2.75) is 91.3 Å². The second kappa shape index (κ2) is 11.1. The van der Waals surface area contributed by atoms with Crippen LogP contribution in [0.2, 0.25) is 18.1 Å². The lowest BCUT2D eigenvalue weighted by atomic mass is 9.92. The van der Waals surface area contributed by atoms with E-state index in [1.54, 1.807) is 0 Å². The Morgan fingerprint density at radius 2 is 1.74 bits per heavy atom. The molecule has 0 radical (unpaired) electrons. The van der Waals surface area contributed by atoms with Crippen molar-refractivity contribution in [1.29, 1.82) is 0 Å². The topological polar surface area (TPSA) is 58.0 Å². The van der Waals surface area contributed by atoms with Crippen LogP contribution >= 0.6 is 0 Å². The van der Waals surface area contributed by atoms with Gasteiger partial charge in [-0.3, -0.25) is 0 Å². The molecule has 0 spiro atoms. The fourth-order valence-electron chi connectivity index (χ4n) is 2.45. The fraction of sp³-hybridized carbons (Fsp3) is 1.00. The number of nitrogens with zero attached hydrogens (tertiary/aromatic N) is 3. The molecule has 0 aromatic rings. The highest BCUT2D eigenvalue weighted by atomic mass is 28.4. The number of rotatable bonds is 12. The second-order valence-electron chi connectivity index (χ2n) is 8.48. The molecule has 0 aliphatic heterocycles. The molecule has 0 amide bonds. The highest BCUT2D eigenvalue weighted by Gasteiger charge is 2.37. The Hall–Kier alpha value is -0.513. The zero-order valence-corrected chi connectivity index (χ0v) is 17.6. The SMILES string of the molecule is CC[C@H](CCCN=[N+]=[N-])CCC[C@@H](C)CO[Si](C)(C)C(C)(C)C. The van der Waals surface area contributed by atoms with Crippen molar-refractivity contribution in [2.24, 2.45) is 17.0 Å². The summed E-state index contributed by atoms with van der Waals surface area (Å²) in [5, 5.41) is 3.92. The third-order valence-corrected chi connectivity index (χ3v) is 9.86. The highest BCUT2D eigenvalue weighted by molar-refractivity contribution is 6.74. The first-order chi connectivity index (χ1) is 10.6. The molecule has 0 saturated carbocycles. The van der Waals surface area contributed by atoms with E-state index in [4.69, 9.17) is 9.96 Å². The molecule has 0 aliphatic rings. The predicted molar refractivity (Wildman–Crippen MR) is 103 cm³/mol. The Balaban J connectivity index is 3.95. The summed E-state index contributed by atoms with van der Waals surface area (Å²) in [4.78, 5) is 2.82. The van der Waals surface area contributed by atoms with Crippen LogP contribution in [0.1, 0.15) is 73.1 Å². The van der Waals surface area contributed by atoms with Crippen molar-refractivity contribution in [3.05, 3.63) is 10.4 Å². The van der Waals surface area contributed by atoms with Gasteiger partial charge in [0, 0.05) is 18.1 Å². The highest BCUT2D eigenvalue weighted by Crippen LogP contribution is 2.37. The van der Waals surface area contributed by atoms with E-state index in [0.29, 0.717) is 17.5 Å². The van der Waals surface area contributed by atoms with Crippen LogP contribution in [0.25, 0.3) is 10.4 Å². The van der Waals surface area contributed by atoms with Gasteiger partial charge in [-0.2, -0.15) is 0 Å². The van der Waals surface area contributed by atoms with E-state index in [1.807, 2.05) is 0 Å². The molecular formula is C18H39N3OSi. The van der Waals surface area contributed by atoms with Gasteiger partial charge >= 0.3 is 0 Å². The van der Waals surface area contributed by atoms with Gasteiger partial charge in [0.25, 0.3) is 0 Å². The summed E-state index contributed by atoms with van der Waals surface area (Å²) in [6.07, 6.45) is 7.25. The second-order valence-corrected chi connectivity index (χ2v) is 13.3. The molecule has 4 nitrogen and oxygen atoms in total. The Bertz CT molecular complexity index is 360. The predicted octanol–water partition coefficient (Wildman–Crippen LogP) is 6.93. The molecule has 0 unspecified atom stereocenters. The van der Waals surface area contributed by atoms with Gasteiger partial charge in [-0.1, -0.05) is 65.4 Å². The number of hydrogen-bond donors (Lipinski definition) is 0. The minimum Gasteiger partial charge on any atom is -0.417 e. The van der Waals surface area contributed by atoms with E-state index >= 15 is 0 Å². The van der Waals surface area contributed by atoms with Gasteiger partial charge in [0.2, 0.25) is 0 Å². The van der Waals surface area contributed by atoms with Gasteiger partial charge in [0.15, 0.2) is 8.32 Å². The van der Waals surface area contributed by atoms with Crippen molar-refractivity contribution in [2.75, 3.05) is 13.2 Å². The van der Waals surface area contributed by atoms with E-state index in [9.17, 15) is 0 Å². The Labute approximate surface area is 145 Å². The van der Waals surface area contributed by atoms with Crippen molar-refractivity contribution in [3.8, 4) is 0 Å². The van der Waals surface area contributed by atoms with E-state index in [0.717, 1.165) is 18.9 Å². The molecule has 0 aliphatic carbocycles. The zero-order valence-electron chi connectivity index (χ0n) is 16.6. The molecule has 0 aromatic heterocycles. The molecule has 136 valence electrons. The average molecular weight is 342 g/mol. The lowest BCUT2D eigenvalue weighted by Gasteiger charge is -2.37. The van der Waals surface area contributed by atoms with Gasteiger partial charge in [0.1, 0.15) is 0 Å². The van der Waals surface area contributed by atoms with Crippen molar-refractivity contribution >= 4 is 8.32 Å². The Morgan fingerprint density at radius 3 is 2.26 bits per heavy atom. The first kappa shape index (κ1) is 22.5. The zero-order chi connectivity index (χ0) is 17.9. The van der Waals surface area contributed by atoms with Crippen molar-refractivity contribution in [3.63, 3.8) is 0 Å². The smallest absolute Gasteiger partial charge is 0.191 e. The summed E-state index contributed by atoms with van der Waals surface area (Å²) >= 11 is 0. The summed E-state index contributed by atoms with van der Waals surface area (Å²) in [5.74, 6) is 1.42. The summed E-state index contributed by atoms with van der Waals surface area (Å²) in [5.41, 5.74) is 8.30. The summed E-state index contributed by atoms with van der Waals surface area (Å²) in [6.45, 7) is 17.7. The molecule has 0 bridgehead atoms. The fourth-order valence-corrected chi connectivity index (χ4v) is 3.59. The minimum atomic E-state index is -1.60. The third-order valence-electron chi connectivity index (χ3n) is 5.36. The standard InChI is InChI=1S/C18H39N3OSi/c1-8-17(13-10-14-20-21-19)12-9-11-16(2)15-22-23(6,7)18(3,4)5/h16-17H,8-15H2,1-7H3/t16-,17+/m1/s1. The van der Waals surface area contributed by atoms with Crippen LogP contribution in [0.5, 0.6) is 0 Å². The van der Waals surface area contributed by atoms with Crippen LogP contribution in [0, 0.1) is 11.8 Å². The lowest BCUT2D eigenvalue weighted by Crippen LogP contribution is -2.41. The van der Waals surface area contributed by atoms with Gasteiger partial charge in [-0.05, 0) is 48.3 Å². The van der Waals surface area contributed by atoms with Crippen molar-refractivity contribution < 1.29 is 4.43 Å². The Kier molecular flexibility index (Phi) is 10.9. The van der Waals surface area contributed by atoms with E-state index in [-0.39, 0.29) is 0 Å². The maximum atomic E-state index is 8.30. The van der Waals surface area contributed by atoms with Gasteiger partial charge in [-0.25, -0.2) is 0 Å². The summed E-state index contributed by atoms with van der Waals surface area (Å²) in [7, 11) is -1.60. The van der Waals surface area contributed by atoms with Gasteiger partial charge in [-0.15, -0.1) is 0 Å². The molecular weight excluding hydrogens is 302 g/mol. The number of azide groups is 1. The minimum absolute atomic E-state index is 0.298. The molecule has 0 N–H and O–H groups in total. The first-order valence-corrected chi connectivity index (χ1v) is 12.2. The average Bonchev–Trinajstić information content (AvgIpc) is 2.46.